The Hall–Kier alpha value is -2.94. The van der Waals surface area contributed by atoms with Crippen LogP contribution in [0.3, 0.4) is 0 Å². The monoisotopic (exact) mass is 373 g/mol. The molecule has 0 amide bonds. The van der Waals surface area contributed by atoms with E-state index in [-0.39, 0.29) is 23.6 Å². The number of rotatable bonds is 5. The van der Waals surface area contributed by atoms with Gasteiger partial charge in [-0.2, -0.15) is 0 Å². The highest BCUT2D eigenvalue weighted by Gasteiger charge is 2.22. The Morgan fingerprint density at radius 3 is 3.00 bits per heavy atom. The minimum absolute atomic E-state index is 0.0685. The standard InChI is InChI=1S/C17H15N3O5S/c1-24-9-5-6-12(11(7-9)20(22)23)25-8-14-18-16(21)15-10-3-2-4-13(10)26-17(15)19-14/h5-7H,2-4,8H2,1H3,(H,18,19,21). The molecule has 8 nitrogen and oxygen atoms in total. The SMILES string of the molecule is COc1ccc(OCc2nc3sc4c(c3c(=O)[nH]2)CCC4)c([N+](=O)[O-])c1. The molecule has 0 bridgehead atoms. The molecule has 134 valence electrons. The maximum atomic E-state index is 12.4. The lowest BCUT2D eigenvalue weighted by Crippen LogP contribution is -2.13. The first-order valence-corrected chi connectivity index (χ1v) is 8.87. The molecule has 4 rings (SSSR count). The molecular weight excluding hydrogens is 358 g/mol. The summed E-state index contributed by atoms with van der Waals surface area (Å²) in [5, 5.41) is 11.9. The summed E-state index contributed by atoms with van der Waals surface area (Å²) in [5.41, 5.74) is 0.720. The van der Waals surface area contributed by atoms with E-state index in [1.54, 1.807) is 6.07 Å². The normalized spacial score (nSPS) is 13.0. The highest BCUT2D eigenvalue weighted by molar-refractivity contribution is 7.18. The van der Waals surface area contributed by atoms with Gasteiger partial charge in [-0.15, -0.1) is 11.3 Å². The van der Waals surface area contributed by atoms with E-state index in [2.05, 4.69) is 9.97 Å². The number of nitro groups is 1. The lowest BCUT2D eigenvalue weighted by Gasteiger charge is -2.08. The molecule has 1 aliphatic carbocycles. The van der Waals surface area contributed by atoms with Crippen LogP contribution in [0.2, 0.25) is 0 Å². The van der Waals surface area contributed by atoms with Crippen molar-refractivity contribution in [3.63, 3.8) is 0 Å². The number of aromatic amines is 1. The van der Waals surface area contributed by atoms with Gasteiger partial charge in [0.25, 0.3) is 5.56 Å². The summed E-state index contributed by atoms with van der Waals surface area (Å²) >= 11 is 1.54. The summed E-state index contributed by atoms with van der Waals surface area (Å²) in [6.45, 7) is -0.0685. The minimum Gasteiger partial charge on any atom is -0.496 e. The van der Waals surface area contributed by atoms with Crippen LogP contribution in [0.25, 0.3) is 10.2 Å². The number of benzene rings is 1. The molecule has 0 unspecified atom stereocenters. The summed E-state index contributed by atoms with van der Waals surface area (Å²) in [4.78, 5) is 32.2. The Morgan fingerprint density at radius 1 is 1.38 bits per heavy atom. The molecule has 0 aliphatic heterocycles. The van der Waals surface area contributed by atoms with Gasteiger partial charge in [-0.3, -0.25) is 14.9 Å². The second kappa shape index (κ2) is 6.41. The molecule has 1 aliphatic rings. The van der Waals surface area contributed by atoms with Crippen LogP contribution in [-0.2, 0) is 19.4 Å². The number of nitro benzene ring substituents is 1. The molecule has 0 atom stereocenters. The van der Waals surface area contributed by atoms with Gasteiger partial charge in [0.2, 0.25) is 0 Å². The number of hydrogen-bond donors (Lipinski definition) is 1. The van der Waals surface area contributed by atoms with Gasteiger partial charge in [0.05, 0.1) is 23.5 Å². The Labute approximate surface area is 151 Å². The van der Waals surface area contributed by atoms with Crippen molar-refractivity contribution in [2.45, 2.75) is 25.9 Å². The van der Waals surface area contributed by atoms with Gasteiger partial charge in [0.1, 0.15) is 23.0 Å². The smallest absolute Gasteiger partial charge is 0.314 e. The molecule has 0 saturated carbocycles. The fraction of sp³-hybridized carbons (Fsp3) is 0.294. The number of aromatic nitrogens is 2. The number of ether oxygens (including phenoxy) is 2. The molecule has 9 heteroatoms. The van der Waals surface area contributed by atoms with Crippen LogP contribution in [0.15, 0.2) is 23.0 Å². The van der Waals surface area contributed by atoms with Crippen molar-refractivity contribution >= 4 is 27.2 Å². The van der Waals surface area contributed by atoms with Crippen LogP contribution in [-0.4, -0.2) is 22.0 Å². The molecule has 0 fully saturated rings. The van der Waals surface area contributed by atoms with Gasteiger partial charge in [-0.25, -0.2) is 4.98 Å². The second-order valence-electron chi connectivity index (χ2n) is 5.93. The van der Waals surface area contributed by atoms with E-state index in [4.69, 9.17) is 9.47 Å². The number of hydrogen-bond acceptors (Lipinski definition) is 7. The summed E-state index contributed by atoms with van der Waals surface area (Å²) in [6, 6.07) is 4.33. The van der Waals surface area contributed by atoms with Crippen LogP contribution in [0, 0.1) is 10.1 Å². The maximum Gasteiger partial charge on any atom is 0.314 e. The van der Waals surface area contributed by atoms with E-state index >= 15 is 0 Å². The zero-order valence-corrected chi connectivity index (χ0v) is 14.7. The van der Waals surface area contributed by atoms with Crippen molar-refractivity contribution in [1.82, 2.24) is 9.97 Å². The number of methoxy groups -OCH3 is 1. The van der Waals surface area contributed by atoms with Gasteiger partial charge in [0.15, 0.2) is 5.75 Å². The predicted octanol–water partition coefficient (Wildman–Crippen LogP) is 2.97. The maximum absolute atomic E-state index is 12.4. The lowest BCUT2D eigenvalue weighted by molar-refractivity contribution is -0.386. The third-order valence-corrected chi connectivity index (χ3v) is 5.54. The van der Waals surface area contributed by atoms with Crippen molar-refractivity contribution in [2.24, 2.45) is 0 Å². The van der Waals surface area contributed by atoms with Gasteiger partial charge < -0.3 is 14.5 Å². The fourth-order valence-electron chi connectivity index (χ4n) is 3.15. The van der Waals surface area contributed by atoms with Crippen molar-refractivity contribution in [3.05, 3.63) is 54.9 Å². The Balaban J connectivity index is 1.63. The molecule has 2 aromatic heterocycles. The Morgan fingerprint density at radius 2 is 2.23 bits per heavy atom. The number of aryl methyl sites for hydroxylation is 2. The number of H-pyrrole nitrogens is 1. The molecule has 26 heavy (non-hydrogen) atoms. The van der Waals surface area contributed by atoms with Crippen LogP contribution < -0.4 is 15.0 Å². The number of nitrogens with zero attached hydrogens (tertiary/aromatic N) is 2. The van der Waals surface area contributed by atoms with E-state index < -0.39 is 4.92 Å². The largest absolute Gasteiger partial charge is 0.496 e. The molecule has 0 saturated heterocycles. The van der Waals surface area contributed by atoms with E-state index in [0.717, 1.165) is 24.8 Å². The van der Waals surface area contributed by atoms with Gasteiger partial charge >= 0.3 is 5.69 Å². The second-order valence-corrected chi connectivity index (χ2v) is 7.01. The van der Waals surface area contributed by atoms with Crippen molar-refractivity contribution in [2.75, 3.05) is 7.11 Å². The van der Waals surface area contributed by atoms with E-state index in [1.165, 1.54) is 35.5 Å². The molecule has 0 radical (unpaired) electrons. The van der Waals surface area contributed by atoms with Gasteiger partial charge in [0, 0.05) is 4.88 Å². The summed E-state index contributed by atoms with van der Waals surface area (Å²) in [5.74, 6) is 0.796. The van der Waals surface area contributed by atoms with Crippen molar-refractivity contribution in [1.29, 1.82) is 0 Å². The van der Waals surface area contributed by atoms with Gasteiger partial charge in [-0.05, 0) is 37.0 Å². The Bertz CT molecular complexity index is 1070. The lowest BCUT2D eigenvalue weighted by atomic mass is 10.2. The molecule has 1 N–H and O–H groups in total. The highest BCUT2D eigenvalue weighted by Crippen LogP contribution is 2.35. The molecular formula is C17H15N3O5S. The Kier molecular flexibility index (Phi) is 4.08. The number of thiophene rings is 1. The first kappa shape index (κ1) is 16.5. The van der Waals surface area contributed by atoms with Crippen LogP contribution in [0.4, 0.5) is 5.69 Å². The minimum atomic E-state index is -0.541. The summed E-state index contributed by atoms with van der Waals surface area (Å²) in [7, 11) is 1.43. The zero-order chi connectivity index (χ0) is 18.3. The third kappa shape index (κ3) is 2.80. The van der Waals surface area contributed by atoms with Crippen LogP contribution in [0.5, 0.6) is 11.5 Å². The highest BCUT2D eigenvalue weighted by atomic mass is 32.1. The number of fused-ring (bicyclic) bond motifs is 3. The van der Waals surface area contributed by atoms with E-state index in [0.29, 0.717) is 21.8 Å². The zero-order valence-electron chi connectivity index (χ0n) is 13.9. The molecule has 3 aromatic rings. The topological polar surface area (TPSA) is 107 Å². The first-order valence-electron chi connectivity index (χ1n) is 8.05. The van der Waals surface area contributed by atoms with Crippen LogP contribution >= 0.6 is 11.3 Å². The van der Waals surface area contributed by atoms with Crippen LogP contribution in [0.1, 0.15) is 22.7 Å². The fourth-order valence-corrected chi connectivity index (χ4v) is 4.43. The van der Waals surface area contributed by atoms with Crippen molar-refractivity contribution in [3.8, 4) is 11.5 Å². The van der Waals surface area contributed by atoms with Gasteiger partial charge in [-0.1, -0.05) is 0 Å². The quantitative estimate of drug-likeness (QED) is 0.544. The molecule has 1 aromatic carbocycles. The first-order chi connectivity index (χ1) is 12.6. The summed E-state index contributed by atoms with van der Waals surface area (Å²) in [6.07, 6.45) is 2.97. The molecule has 2 heterocycles. The molecule has 0 spiro atoms. The predicted molar refractivity (Wildman–Crippen MR) is 96.2 cm³/mol. The average molecular weight is 373 g/mol. The summed E-state index contributed by atoms with van der Waals surface area (Å²) < 4.78 is 10.5. The third-order valence-electron chi connectivity index (χ3n) is 4.35. The van der Waals surface area contributed by atoms with E-state index in [9.17, 15) is 14.9 Å². The average Bonchev–Trinajstić information content (AvgIpc) is 3.20. The van der Waals surface area contributed by atoms with Crippen molar-refractivity contribution < 1.29 is 14.4 Å². The number of nitrogens with one attached hydrogen (secondary N) is 1. The van der Waals surface area contributed by atoms with E-state index in [1.807, 2.05) is 0 Å².